The van der Waals surface area contributed by atoms with Crippen LogP contribution in [0.1, 0.15) is 32.6 Å². The van der Waals surface area contributed by atoms with Gasteiger partial charge in [-0.1, -0.05) is 13.3 Å². The highest BCUT2D eigenvalue weighted by atomic mass is 35.5. The van der Waals surface area contributed by atoms with Crippen LogP contribution >= 0.6 is 11.6 Å². The molecule has 0 fully saturated rings. The molecule has 0 aliphatic heterocycles. The molecular formula is C7H13ClO. The maximum atomic E-state index is 9.85. The summed E-state index contributed by atoms with van der Waals surface area (Å²) in [6.07, 6.45) is 4.49. The molecule has 0 aliphatic rings. The lowest BCUT2D eigenvalue weighted by Gasteiger charge is -2.02. The van der Waals surface area contributed by atoms with Crippen LogP contribution < -0.4 is 0 Å². The Bertz CT molecular complexity index is 73.3. The molecule has 1 unspecified atom stereocenters. The van der Waals surface area contributed by atoms with Gasteiger partial charge in [0.25, 0.3) is 0 Å². The first-order chi connectivity index (χ1) is 4.31. The molecule has 0 saturated heterocycles. The van der Waals surface area contributed by atoms with Gasteiger partial charge in [-0.2, -0.15) is 0 Å². The van der Waals surface area contributed by atoms with E-state index in [0.717, 1.165) is 25.5 Å². The lowest BCUT2D eigenvalue weighted by molar-refractivity contribution is -0.107. The summed E-state index contributed by atoms with van der Waals surface area (Å²) < 4.78 is 0. The average molecular weight is 149 g/mol. The van der Waals surface area contributed by atoms with Crippen LogP contribution in [0.3, 0.4) is 0 Å². The smallest absolute Gasteiger partial charge is 0.120 e. The monoisotopic (exact) mass is 148 g/mol. The SMILES string of the molecule is CCCC(Cl)CCC=O. The molecular weight excluding hydrogens is 136 g/mol. The fourth-order valence-corrected chi connectivity index (χ4v) is 1.05. The van der Waals surface area contributed by atoms with Crippen molar-refractivity contribution >= 4 is 17.9 Å². The van der Waals surface area contributed by atoms with Crippen molar-refractivity contribution in [2.24, 2.45) is 0 Å². The molecule has 54 valence electrons. The molecule has 0 bridgehead atoms. The summed E-state index contributed by atoms with van der Waals surface area (Å²) >= 11 is 5.80. The molecule has 1 atom stereocenters. The number of carbonyl (C=O) groups is 1. The first-order valence-corrected chi connectivity index (χ1v) is 3.82. The van der Waals surface area contributed by atoms with Crippen LogP contribution in [0.15, 0.2) is 0 Å². The Balaban J connectivity index is 3.04. The van der Waals surface area contributed by atoms with E-state index in [-0.39, 0.29) is 5.38 Å². The number of aldehydes is 1. The molecule has 9 heavy (non-hydrogen) atoms. The first kappa shape index (κ1) is 8.96. The van der Waals surface area contributed by atoms with E-state index in [1.807, 2.05) is 0 Å². The molecule has 0 spiro atoms. The lowest BCUT2D eigenvalue weighted by atomic mass is 10.2. The van der Waals surface area contributed by atoms with Gasteiger partial charge in [0.2, 0.25) is 0 Å². The molecule has 1 nitrogen and oxygen atoms in total. The minimum atomic E-state index is 0.209. The summed E-state index contributed by atoms with van der Waals surface area (Å²) in [5.74, 6) is 0. The molecule has 0 heterocycles. The maximum absolute atomic E-state index is 9.85. The van der Waals surface area contributed by atoms with E-state index in [2.05, 4.69) is 6.92 Å². The standard InChI is InChI=1S/C7H13ClO/c1-2-4-7(8)5-3-6-9/h6-7H,2-5H2,1H3. The summed E-state index contributed by atoms with van der Waals surface area (Å²) in [5.41, 5.74) is 0. The molecule has 0 aliphatic carbocycles. The Kier molecular flexibility index (Phi) is 6.06. The number of halogens is 1. The van der Waals surface area contributed by atoms with Crippen LogP contribution in [0, 0.1) is 0 Å². The zero-order valence-electron chi connectivity index (χ0n) is 5.77. The lowest BCUT2D eigenvalue weighted by Crippen LogP contribution is -1.96. The third-order valence-corrected chi connectivity index (χ3v) is 1.64. The third kappa shape index (κ3) is 5.84. The van der Waals surface area contributed by atoms with Gasteiger partial charge >= 0.3 is 0 Å². The second-order valence-corrected chi connectivity index (χ2v) is 2.75. The zero-order chi connectivity index (χ0) is 7.11. The number of alkyl halides is 1. The molecule has 0 saturated carbocycles. The van der Waals surface area contributed by atoms with Crippen molar-refractivity contribution in [3.63, 3.8) is 0 Å². The highest BCUT2D eigenvalue weighted by Gasteiger charge is 2.00. The predicted octanol–water partition coefficient (Wildman–Crippen LogP) is 2.37. The van der Waals surface area contributed by atoms with E-state index in [1.54, 1.807) is 0 Å². The predicted molar refractivity (Wildman–Crippen MR) is 39.8 cm³/mol. The van der Waals surface area contributed by atoms with Gasteiger partial charge < -0.3 is 4.79 Å². The number of rotatable bonds is 5. The topological polar surface area (TPSA) is 17.1 Å². The molecule has 0 aromatic carbocycles. The van der Waals surface area contributed by atoms with Crippen molar-refractivity contribution in [3.05, 3.63) is 0 Å². The number of hydrogen-bond donors (Lipinski definition) is 0. The van der Waals surface area contributed by atoms with Crippen molar-refractivity contribution in [1.29, 1.82) is 0 Å². The van der Waals surface area contributed by atoms with E-state index >= 15 is 0 Å². The second kappa shape index (κ2) is 6.09. The Hall–Kier alpha value is -0.0400. The van der Waals surface area contributed by atoms with Crippen LogP contribution in [0.2, 0.25) is 0 Å². The molecule has 0 aromatic heterocycles. The van der Waals surface area contributed by atoms with Crippen LogP contribution in [-0.2, 0) is 4.79 Å². The molecule has 0 N–H and O–H groups in total. The fourth-order valence-electron chi connectivity index (χ4n) is 0.706. The molecule has 2 heteroatoms. The van der Waals surface area contributed by atoms with Gasteiger partial charge in [-0.15, -0.1) is 11.6 Å². The van der Waals surface area contributed by atoms with Crippen LogP contribution in [0.4, 0.5) is 0 Å². The summed E-state index contributed by atoms with van der Waals surface area (Å²) in [7, 11) is 0. The van der Waals surface area contributed by atoms with Crippen molar-refractivity contribution in [3.8, 4) is 0 Å². The second-order valence-electron chi connectivity index (χ2n) is 2.13. The Morgan fingerprint density at radius 3 is 2.67 bits per heavy atom. The molecule has 0 amide bonds. The van der Waals surface area contributed by atoms with Gasteiger partial charge in [0.05, 0.1) is 0 Å². The number of carbonyl (C=O) groups excluding carboxylic acids is 1. The fraction of sp³-hybridized carbons (Fsp3) is 0.857. The molecule has 0 aromatic rings. The van der Waals surface area contributed by atoms with E-state index in [0.29, 0.717) is 6.42 Å². The van der Waals surface area contributed by atoms with Gasteiger partial charge in [-0.3, -0.25) is 0 Å². The molecule has 0 rings (SSSR count). The van der Waals surface area contributed by atoms with Gasteiger partial charge in [0, 0.05) is 11.8 Å². The quantitative estimate of drug-likeness (QED) is 0.432. The van der Waals surface area contributed by atoms with Gasteiger partial charge in [-0.05, 0) is 12.8 Å². The highest BCUT2D eigenvalue weighted by molar-refractivity contribution is 6.20. The normalized spacial score (nSPS) is 13.1. The summed E-state index contributed by atoms with van der Waals surface area (Å²) in [6.45, 7) is 2.09. The van der Waals surface area contributed by atoms with E-state index in [4.69, 9.17) is 11.6 Å². The third-order valence-electron chi connectivity index (χ3n) is 1.20. The van der Waals surface area contributed by atoms with Crippen molar-refractivity contribution in [2.75, 3.05) is 0 Å². The van der Waals surface area contributed by atoms with Gasteiger partial charge in [0.1, 0.15) is 6.29 Å². The first-order valence-electron chi connectivity index (χ1n) is 3.39. The van der Waals surface area contributed by atoms with Crippen LogP contribution in [-0.4, -0.2) is 11.7 Å². The van der Waals surface area contributed by atoms with Crippen molar-refractivity contribution in [1.82, 2.24) is 0 Å². The minimum absolute atomic E-state index is 0.209. The highest BCUT2D eigenvalue weighted by Crippen LogP contribution is 2.10. The zero-order valence-corrected chi connectivity index (χ0v) is 6.53. The average Bonchev–Trinajstić information content (AvgIpc) is 1.85. The molecule has 0 radical (unpaired) electrons. The van der Waals surface area contributed by atoms with Crippen molar-refractivity contribution in [2.45, 2.75) is 38.0 Å². The largest absolute Gasteiger partial charge is 0.303 e. The summed E-state index contributed by atoms with van der Waals surface area (Å²) in [6, 6.07) is 0. The van der Waals surface area contributed by atoms with Crippen LogP contribution in [0.5, 0.6) is 0 Å². The van der Waals surface area contributed by atoms with E-state index in [9.17, 15) is 4.79 Å². The Morgan fingerprint density at radius 2 is 2.22 bits per heavy atom. The van der Waals surface area contributed by atoms with Crippen LogP contribution in [0.25, 0.3) is 0 Å². The van der Waals surface area contributed by atoms with Gasteiger partial charge in [-0.25, -0.2) is 0 Å². The summed E-state index contributed by atoms with van der Waals surface area (Å²) in [5, 5.41) is 0.209. The van der Waals surface area contributed by atoms with E-state index < -0.39 is 0 Å². The summed E-state index contributed by atoms with van der Waals surface area (Å²) in [4.78, 5) is 9.85. The van der Waals surface area contributed by atoms with Gasteiger partial charge in [0.15, 0.2) is 0 Å². The maximum Gasteiger partial charge on any atom is 0.120 e. The van der Waals surface area contributed by atoms with Crippen molar-refractivity contribution < 1.29 is 4.79 Å². The minimum Gasteiger partial charge on any atom is -0.303 e. The number of hydrogen-bond acceptors (Lipinski definition) is 1. The Morgan fingerprint density at radius 1 is 1.56 bits per heavy atom. The Labute approximate surface area is 61.4 Å². The van der Waals surface area contributed by atoms with E-state index in [1.165, 1.54) is 0 Å².